The Kier molecular flexibility index (Phi) is 2.96. The van der Waals surface area contributed by atoms with Crippen molar-refractivity contribution in [1.29, 1.82) is 0 Å². The number of ether oxygens (including phenoxy) is 1. The number of aryl methyl sites for hydroxylation is 1. The van der Waals surface area contributed by atoms with E-state index in [9.17, 15) is 0 Å². The molecule has 0 saturated carbocycles. The van der Waals surface area contributed by atoms with Crippen LogP contribution in [-0.2, 0) is 6.42 Å². The molecule has 0 amide bonds. The Labute approximate surface area is 91.4 Å². The standard InChI is InChI=1S/C13H19NO/c1-9-12(15-2)6-5-10-3-4-11(7-8-14)13(9)10/h5-6,11H,3-4,7-8,14H2,1-2H3. The van der Waals surface area contributed by atoms with E-state index in [1.54, 1.807) is 7.11 Å². The van der Waals surface area contributed by atoms with Crippen LogP contribution < -0.4 is 10.5 Å². The smallest absolute Gasteiger partial charge is 0.122 e. The zero-order valence-corrected chi connectivity index (χ0v) is 9.55. The van der Waals surface area contributed by atoms with E-state index in [0.717, 1.165) is 18.7 Å². The van der Waals surface area contributed by atoms with Crippen LogP contribution in [0.25, 0.3) is 0 Å². The second kappa shape index (κ2) is 4.23. The first-order chi connectivity index (χ1) is 7.27. The SMILES string of the molecule is COc1ccc2c(c1C)C(CCN)CC2. The van der Waals surface area contributed by atoms with Gasteiger partial charge in [-0.25, -0.2) is 0 Å². The first kappa shape index (κ1) is 10.5. The van der Waals surface area contributed by atoms with Crippen molar-refractivity contribution in [2.24, 2.45) is 5.73 Å². The van der Waals surface area contributed by atoms with E-state index in [1.165, 1.54) is 29.5 Å². The summed E-state index contributed by atoms with van der Waals surface area (Å²) in [6.07, 6.45) is 3.55. The third-order valence-corrected chi connectivity index (χ3v) is 3.46. The molecule has 1 aliphatic carbocycles. The van der Waals surface area contributed by atoms with E-state index in [1.807, 2.05) is 0 Å². The predicted octanol–water partition coefficient (Wildman–Crippen LogP) is 2.38. The third kappa shape index (κ3) is 1.74. The highest BCUT2D eigenvalue weighted by atomic mass is 16.5. The van der Waals surface area contributed by atoms with Gasteiger partial charge in [0.15, 0.2) is 0 Å². The zero-order chi connectivity index (χ0) is 10.8. The second-order valence-electron chi connectivity index (χ2n) is 4.28. The molecule has 1 aromatic rings. The van der Waals surface area contributed by atoms with Crippen LogP contribution in [0, 0.1) is 6.92 Å². The fourth-order valence-corrected chi connectivity index (χ4v) is 2.74. The number of methoxy groups -OCH3 is 1. The summed E-state index contributed by atoms with van der Waals surface area (Å²) in [6.45, 7) is 2.94. The van der Waals surface area contributed by atoms with Gasteiger partial charge in [-0.2, -0.15) is 0 Å². The Balaban J connectivity index is 2.40. The van der Waals surface area contributed by atoms with Crippen LogP contribution in [0.5, 0.6) is 5.75 Å². The van der Waals surface area contributed by atoms with E-state index in [-0.39, 0.29) is 0 Å². The molecule has 0 spiro atoms. The van der Waals surface area contributed by atoms with Crippen LogP contribution in [0.15, 0.2) is 12.1 Å². The molecule has 0 fully saturated rings. The summed E-state index contributed by atoms with van der Waals surface area (Å²) in [5.74, 6) is 1.66. The highest BCUT2D eigenvalue weighted by molar-refractivity contribution is 5.48. The first-order valence-electron chi connectivity index (χ1n) is 5.64. The Morgan fingerprint density at radius 2 is 2.27 bits per heavy atom. The van der Waals surface area contributed by atoms with Crippen LogP contribution >= 0.6 is 0 Å². The minimum absolute atomic E-state index is 0.653. The van der Waals surface area contributed by atoms with Gasteiger partial charge in [-0.05, 0) is 61.4 Å². The van der Waals surface area contributed by atoms with Crippen LogP contribution in [0.2, 0.25) is 0 Å². The minimum Gasteiger partial charge on any atom is -0.496 e. The lowest BCUT2D eigenvalue weighted by atomic mass is 9.93. The maximum atomic E-state index is 5.65. The van der Waals surface area contributed by atoms with Gasteiger partial charge in [0, 0.05) is 0 Å². The molecular formula is C13H19NO. The molecule has 2 rings (SSSR count). The molecule has 82 valence electrons. The predicted molar refractivity (Wildman–Crippen MR) is 62.5 cm³/mol. The molecule has 0 aliphatic heterocycles. The lowest BCUT2D eigenvalue weighted by molar-refractivity contribution is 0.410. The van der Waals surface area contributed by atoms with E-state index < -0.39 is 0 Å². The molecule has 0 heterocycles. The lowest BCUT2D eigenvalue weighted by Crippen LogP contribution is -2.06. The zero-order valence-electron chi connectivity index (χ0n) is 9.55. The van der Waals surface area contributed by atoms with Gasteiger partial charge < -0.3 is 10.5 Å². The van der Waals surface area contributed by atoms with Crippen molar-refractivity contribution >= 4 is 0 Å². The molecule has 15 heavy (non-hydrogen) atoms. The highest BCUT2D eigenvalue weighted by Gasteiger charge is 2.24. The van der Waals surface area contributed by atoms with E-state index >= 15 is 0 Å². The summed E-state index contributed by atoms with van der Waals surface area (Å²) in [7, 11) is 1.74. The van der Waals surface area contributed by atoms with Gasteiger partial charge in [0.2, 0.25) is 0 Å². The van der Waals surface area contributed by atoms with Gasteiger partial charge in [0.25, 0.3) is 0 Å². The molecule has 0 bridgehead atoms. The molecule has 0 aromatic heterocycles. The molecule has 2 heteroatoms. The molecular weight excluding hydrogens is 186 g/mol. The fourth-order valence-electron chi connectivity index (χ4n) is 2.74. The number of rotatable bonds is 3. The van der Waals surface area contributed by atoms with Gasteiger partial charge >= 0.3 is 0 Å². The van der Waals surface area contributed by atoms with Crippen molar-refractivity contribution in [2.75, 3.05) is 13.7 Å². The topological polar surface area (TPSA) is 35.2 Å². The monoisotopic (exact) mass is 205 g/mol. The van der Waals surface area contributed by atoms with Crippen molar-refractivity contribution < 1.29 is 4.74 Å². The normalized spacial score (nSPS) is 19.0. The van der Waals surface area contributed by atoms with E-state index in [2.05, 4.69) is 19.1 Å². The molecule has 1 atom stereocenters. The molecule has 2 nitrogen and oxygen atoms in total. The van der Waals surface area contributed by atoms with Gasteiger partial charge in [0.1, 0.15) is 5.75 Å². The maximum absolute atomic E-state index is 5.65. The van der Waals surface area contributed by atoms with Gasteiger partial charge in [-0.1, -0.05) is 6.07 Å². The average Bonchev–Trinajstić information content (AvgIpc) is 2.64. The minimum atomic E-state index is 0.653. The maximum Gasteiger partial charge on any atom is 0.122 e. The van der Waals surface area contributed by atoms with E-state index in [4.69, 9.17) is 10.5 Å². The molecule has 0 radical (unpaired) electrons. The van der Waals surface area contributed by atoms with Gasteiger partial charge in [-0.15, -0.1) is 0 Å². The van der Waals surface area contributed by atoms with Crippen molar-refractivity contribution in [3.8, 4) is 5.75 Å². The van der Waals surface area contributed by atoms with Crippen molar-refractivity contribution in [2.45, 2.75) is 32.1 Å². The summed E-state index contributed by atoms with van der Waals surface area (Å²) in [5, 5.41) is 0. The summed E-state index contributed by atoms with van der Waals surface area (Å²) >= 11 is 0. The Hall–Kier alpha value is -1.02. The molecule has 1 aliphatic rings. The summed E-state index contributed by atoms with van der Waals surface area (Å²) in [5.41, 5.74) is 9.96. The highest BCUT2D eigenvalue weighted by Crippen LogP contribution is 2.40. The van der Waals surface area contributed by atoms with Crippen LogP contribution in [0.1, 0.15) is 35.4 Å². The number of fused-ring (bicyclic) bond motifs is 1. The van der Waals surface area contributed by atoms with Crippen molar-refractivity contribution in [3.05, 3.63) is 28.8 Å². The van der Waals surface area contributed by atoms with Gasteiger partial charge in [-0.3, -0.25) is 0 Å². The molecule has 1 aromatic carbocycles. The van der Waals surface area contributed by atoms with Crippen molar-refractivity contribution in [1.82, 2.24) is 0 Å². The summed E-state index contributed by atoms with van der Waals surface area (Å²) in [4.78, 5) is 0. The molecule has 1 unspecified atom stereocenters. The largest absolute Gasteiger partial charge is 0.496 e. The van der Waals surface area contributed by atoms with Crippen LogP contribution in [0.3, 0.4) is 0 Å². The summed E-state index contributed by atoms with van der Waals surface area (Å²) in [6, 6.07) is 4.29. The number of benzene rings is 1. The first-order valence-corrected chi connectivity index (χ1v) is 5.64. The lowest BCUT2D eigenvalue weighted by Gasteiger charge is -2.15. The Morgan fingerprint density at radius 3 is 2.93 bits per heavy atom. The number of hydrogen-bond donors (Lipinski definition) is 1. The van der Waals surface area contributed by atoms with Gasteiger partial charge in [0.05, 0.1) is 7.11 Å². The molecule has 2 N–H and O–H groups in total. The average molecular weight is 205 g/mol. The third-order valence-electron chi connectivity index (χ3n) is 3.46. The van der Waals surface area contributed by atoms with Crippen molar-refractivity contribution in [3.63, 3.8) is 0 Å². The molecule has 0 saturated heterocycles. The van der Waals surface area contributed by atoms with Crippen LogP contribution in [0.4, 0.5) is 0 Å². The summed E-state index contributed by atoms with van der Waals surface area (Å²) < 4.78 is 5.37. The second-order valence-corrected chi connectivity index (χ2v) is 4.28. The quantitative estimate of drug-likeness (QED) is 0.822. The van der Waals surface area contributed by atoms with E-state index in [0.29, 0.717) is 5.92 Å². The number of nitrogens with two attached hydrogens (primary N) is 1. The van der Waals surface area contributed by atoms with Crippen LogP contribution in [-0.4, -0.2) is 13.7 Å². The number of hydrogen-bond acceptors (Lipinski definition) is 2. The Bertz CT molecular complexity index is 358. The Morgan fingerprint density at radius 1 is 1.47 bits per heavy atom. The fraction of sp³-hybridized carbons (Fsp3) is 0.538.